The van der Waals surface area contributed by atoms with Crippen molar-refractivity contribution >= 4 is 26.7 Å². The molecule has 1 aromatic carbocycles. The molecule has 1 aliphatic rings. The molecule has 0 amide bonds. The molecule has 3 aromatic rings. The van der Waals surface area contributed by atoms with Crippen molar-refractivity contribution in [2.45, 2.75) is 32.7 Å². The number of ether oxygens (including phenoxy) is 1. The molecule has 12 nitrogen and oxygen atoms in total. The summed E-state index contributed by atoms with van der Waals surface area (Å²) in [6.07, 6.45) is 8.16. The Labute approximate surface area is 209 Å². The summed E-state index contributed by atoms with van der Waals surface area (Å²) in [6, 6.07) is 10.6. The number of hydrogen-bond acceptors (Lipinski definition) is 9. The maximum absolute atomic E-state index is 12.3. The number of hydrogen-bond donors (Lipinski definition) is 2. The lowest BCUT2D eigenvalue weighted by atomic mass is 10.2. The first-order valence-corrected chi connectivity index (χ1v) is 13.0. The van der Waals surface area contributed by atoms with Crippen LogP contribution in [-0.2, 0) is 6.54 Å². The standard InChI is InChI=1S/C23H27N7O5S/c1-2-30-26-21(25-27-30)18-6-8-20(9-7-18)35-17-5-3-4-14-28-15-16-29(19-10-12-24-13-11-19)36(28,22(31)32)23(33)34/h6-13,15-16H,2-5,14,17H2,1H3,(H,31,32)(H,33,34). The first kappa shape index (κ1) is 25.0. The normalized spacial score (nSPS) is 15.1. The van der Waals surface area contributed by atoms with E-state index in [0.29, 0.717) is 37.6 Å². The van der Waals surface area contributed by atoms with Gasteiger partial charge in [-0.1, -0.05) is 0 Å². The van der Waals surface area contributed by atoms with Crippen molar-refractivity contribution < 1.29 is 24.5 Å². The first-order valence-electron chi connectivity index (χ1n) is 11.4. The third kappa shape index (κ3) is 4.96. The van der Waals surface area contributed by atoms with Gasteiger partial charge < -0.3 is 19.3 Å². The number of unbranched alkanes of at least 4 members (excludes halogenated alkanes) is 2. The largest absolute Gasteiger partial charge is 0.494 e. The zero-order chi connectivity index (χ0) is 25.5. The summed E-state index contributed by atoms with van der Waals surface area (Å²) in [7, 11) is -3.38. The highest BCUT2D eigenvalue weighted by Gasteiger charge is 2.53. The van der Waals surface area contributed by atoms with Crippen LogP contribution >= 0.6 is 10.4 Å². The molecule has 0 bridgehead atoms. The topological polar surface area (TPSA) is 147 Å². The summed E-state index contributed by atoms with van der Waals surface area (Å²) in [6.45, 7) is 3.38. The highest BCUT2D eigenvalue weighted by molar-refractivity contribution is 8.54. The van der Waals surface area contributed by atoms with Crippen molar-refractivity contribution in [2.75, 3.05) is 17.5 Å². The van der Waals surface area contributed by atoms with E-state index in [1.807, 2.05) is 31.2 Å². The summed E-state index contributed by atoms with van der Waals surface area (Å²) < 4.78 is 8.56. The van der Waals surface area contributed by atoms with E-state index in [1.165, 1.54) is 32.0 Å². The number of carboxylic acid groups (broad SMARTS) is 2. The molecule has 190 valence electrons. The smallest absolute Gasteiger partial charge is 0.393 e. The Morgan fingerprint density at radius 3 is 2.33 bits per heavy atom. The maximum atomic E-state index is 12.3. The number of rotatable bonds is 10. The van der Waals surface area contributed by atoms with Crippen LogP contribution < -0.4 is 9.04 Å². The van der Waals surface area contributed by atoms with Crippen LogP contribution in [0.3, 0.4) is 0 Å². The first-order chi connectivity index (χ1) is 17.5. The van der Waals surface area contributed by atoms with Gasteiger partial charge in [0.15, 0.2) is 0 Å². The zero-order valence-corrected chi connectivity index (χ0v) is 20.5. The molecule has 36 heavy (non-hydrogen) atoms. The lowest BCUT2D eigenvalue weighted by molar-refractivity contribution is 0.213. The number of aromatic nitrogens is 5. The molecule has 0 saturated carbocycles. The Kier molecular flexibility index (Phi) is 7.68. The van der Waals surface area contributed by atoms with Gasteiger partial charge in [-0.25, -0.2) is 9.59 Å². The van der Waals surface area contributed by atoms with Crippen LogP contribution in [0.15, 0.2) is 61.2 Å². The van der Waals surface area contributed by atoms with Gasteiger partial charge in [0.25, 0.3) is 0 Å². The van der Waals surface area contributed by atoms with E-state index < -0.39 is 21.0 Å². The number of benzene rings is 1. The van der Waals surface area contributed by atoms with Crippen LogP contribution in [0.2, 0.25) is 0 Å². The summed E-state index contributed by atoms with van der Waals surface area (Å²) in [5, 5.41) is 29.5. The minimum atomic E-state index is -3.38. The SMILES string of the molecule is CCn1nnc(-c2ccc(OCCCCCN3C=CN(c4ccncc4)S3(C(=O)O)C(=O)O)cc2)n1. The van der Waals surface area contributed by atoms with E-state index in [-0.39, 0.29) is 0 Å². The lowest BCUT2D eigenvalue weighted by Crippen LogP contribution is -2.39. The van der Waals surface area contributed by atoms with Gasteiger partial charge >= 0.3 is 10.6 Å². The third-order valence-corrected chi connectivity index (χ3v) is 8.40. The van der Waals surface area contributed by atoms with E-state index in [2.05, 4.69) is 20.4 Å². The molecule has 2 aromatic heterocycles. The Morgan fingerprint density at radius 1 is 0.972 bits per heavy atom. The van der Waals surface area contributed by atoms with Crippen molar-refractivity contribution in [3.63, 3.8) is 0 Å². The molecule has 0 spiro atoms. The summed E-state index contributed by atoms with van der Waals surface area (Å²) in [5.41, 5.74) is 1.32. The number of carbonyl (C=O) groups is 2. The second-order valence-corrected chi connectivity index (χ2v) is 10.4. The Morgan fingerprint density at radius 2 is 1.69 bits per heavy atom. The van der Waals surface area contributed by atoms with Crippen molar-refractivity contribution in [2.24, 2.45) is 0 Å². The van der Waals surface area contributed by atoms with Crippen LogP contribution in [0.25, 0.3) is 11.4 Å². The van der Waals surface area contributed by atoms with Crippen LogP contribution in [0.1, 0.15) is 26.2 Å². The second-order valence-electron chi connectivity index (χ2n) is 7.79. The monoisotopic (exact) mass is 513 g/mol. The van der Waals surface area contributed by atoms with Crippen molar-refractivity contribution in [3.05, 3.63) is 61.2 Å². The van der Waals surface area contributed by atoms with E-state index in [9.17, 15) is 19.8 Å². The quantitative estimate of drug-likeness (QED) is 0.367. The van der Waals surface area contributed by atoms with Crippen molar-refractivity contribution in [3.8, 4) is 17.1 Å². The predicted molar refractivity (Wildman–Crippen MR) is 134 cm³/mol. The highest BCUT2D eigenvalue weighted by Crippen LogP contribution is 2.61. The molecule has 0 saturated heterocycles. The third-order valence-electron chi connectivity index (χ3n) is 5.54. The second kappa shape index (κ2) is 11.1. The molecule has 0 aliphatic carbocycles. The van der Waals surface area contributed by atoms with Crippen LogP contribution in [-0.4, -0.2) is 63.5 Å². The lowest BCUT2D eigenvalue weighted by Gasteiger charge is -2.42. The van der Waals surface area contributed by atoms with Gasteiger partial charge in [-0.3, -0.25) is 9.29 Å². The van der Waals surface area contributed by atoms with Gasteiger partial charge in [0.05, 0.1) is 18.8 Å². The molecule has 0 atom stereocenters. The van der Waals surface area contributed by atoms with Gasteiger partial charge in [0.2, 0.25) is 5.82 Å². The molecular formula is C23H27N7O5S. The fraction of sp³-hybridized carbons (Fsp3) is 0.304. The van der Waals surface area contributed by atoms with Crippen LogP contribution in [0, 0.1) is 0 Å². The van der Waals surface area contributed by atoms with Crippen LogP contribution in [0.4, 0.5) is 15.3 Å². The fourth-order valence-corrected chi connectivity index (χ4v) is 6.13. The number of anilines is 1. The highest BCUT2D eigenvalue weighted by atomic mass is 32.3. The van der Waals surface area contributed by atoms with Gasteiger partial charge in [0, 0.05) is 36.9 Å². The average molecular weight is 514 g/mol. The van der Waals surface area contributed by atoms with Crippen LogP contribution in [0.5, 0.6) is 5.75 Å². The summed E-state index contributed by atoms with van der Waals surface area (Å²) in [4.78, 5) is 30.0. The Hall–Kier alpha value is -4.13. The molecule has 4 rings (SSSR count). The molecule has 0 unspecified atom stereocenters. The number of aryl methyl sites for hydroxylation is 1. The summed E-state index contributed by atoms with van der Waals surface area (Å²) >= 11 is 0. The van der Waals surface area contributed by atoms with E-state index in [4.69, 9.17) is 4.74 Å². The zero-order valence-electron chi connectivity index (χ0n) is 19.7. The number of tetrazole rings is 1. The molecule has 2 N–H and O–H groups in total. The maximum Gasteiger partial charge on any atom is 0.393 e. The number of nitrogens with zero attached hydrogens (tertiary/aromatic N) is 7. The molecular weight excluding hydrogens is 486 g/mol. The minimum absolute atomic E-state index is 0.298. The molecule has 0 radical (unpaired) electrons. The molecule has 1 aliphatic heterocycles. The molecule has 13 heteroatoms. The van der Waals surface area contributed by atoms with Gasteiger partial charge in [0.1, 0.15) is 16.1 Å². The van der Waals surface area contributed by atoms with E-state index in [1.54, 1.807) is 18.3 Å². The van der Waals surface area contributed by atoms with Gasteiger partial charge in [-0.2, -0.15) is 4.80 Å². The number of pyridine rings is 1. The summed E-state index contributed by atoms with van der Waals surface area (Å²) in [5.74, 6) is 1.28. The molecule has 3 heterocycles. The van der Waals surface area contributed by atoms with Gasteiger partial charge in [-0.15, -0.1) is 10.2 Å². The minimum Gasteiger partial charge on any atom is -0.494 e. The predicted octanol–water partition coefficient (Wildman–Crippen LogP) is 4.59. The van der Waals surface area contributed by atoms with E-state index >= 15 is 0 Å². The Bertz CT molecular complexity index is 1210. The average Bonchev–Trinajstić information content (AvgIpc) is 3.53. The molecule has 0 fully saturated rings. The van der Waals surface area contributed by atoms with Crippen molar-refractivity contribution in [1.82, 2.24) is 29.5 Å². The Balaban J connectivity index is 1.27. The van der Waals surface area contributed by atoms with Gasteiger partial charge in [-0.05, 0) is 67.8 Å². The van der Waals surface area contributed by atoms with Crippen molar-refractivity contribution in [1.29, 1.82) is 0 Å². The fourth-order valence-electron chi connectivity index (χ4n) is 3.73. The van der Waals surface area contributed by atoms with E-state index in [0.717, 1.165) is 24.2 Å².